The highest BCUT2D eigenvalue weighted by molar-refractivity contribution is 6.34. The number of carbonyl (C=O) groups is 2. The number of pyridine rings is 1. The summed E-state index contributed by atoms with van der Waals surface area (Å²) in [6, 6.07) is 10.5. The van der Waals surface area contributed by atoms with Crippen LogP contribution in [0, 0.1) is 5.82 Å². The van der Waals surface area contributed by atoms with Crippen molar-refractivity contribution < 1.29 is 33.3 Å². The largest absolute Gasteiger partial charge is 0.494 e. The van der Waals surface area contributed by atoms with Crippen LogP contribution < -0.4 is 20.5 Å². The molecule has 1 aliphatic rings. The monoisotopic (exact) mass is 543 g/mol. The fraction of sp³-hybridized carbons (Fsp3) is 0.296. The predicted molar refractivity (Wildman–Crippen MR) is 138 cm³/mol. The van der Waals surface area contributed by atoms with Gasteiger partial charge < -0.3 is 30.4 Å². The smallest absolute Gasteiger partial charge is 0.407 e. The number of nitrogens with zero attached hydrogens (tertiary/aromatic N) is 1. The van der Waals surface area contributed by atoms with Gasteiger partial charge in [0.1, 0.15) is 18.5 Å². The number of aliphatic hydroxyl groups is 1. The van der Waals surface area contributed by atoms with Crippen molar-refractivity contribution in [3.8, 4) is 22.6 Å². The third-order valence-electron chi connectivity index (χ3n) is 6.00. The van der Waals surface area contributed by atoms with Gasteiger partial charge in [-0.15, -0.1) is 0 Å². The van der Waals surface area contributed by atoms with Crippen molar-refractivity contribution in [2.45, 2.75) is 38.0 Å². The molecular weight excluding hydrogens is 517 g/mol. The van der Waals surface area contributed by atoms with Crippen LogP contribution in [-0.4, -0.2) is 41.3 Å². The Balaban J connectivity index is 1.90. The molecule has 2 heterocycles. The van der Waals surface area contributed by atoms with Crippen molar-refractivity contribution in [2.24, 2.45) is 5.73 Å². The van der Waals surface area contributed by atoms with Gasteiger partial charge >= 0.3 is 6.09 Å². The third kappa shape index (κ3) is 4.84. The van der Waals surface area contributed by atoms with Crippen molar-refractivity contribution in [2.75, 3.05) is 13.7 Å². The molecule has 0 saturated heterocycles. The molecule has 4 rings (SSSR count). The molecule has 3 aromatic rings. The number of carbonyl (C=O) groups excluding carboxylic acids is 2. The van der Waals surface area contributed by atoms with Gasteiger partial charge in [0.2, 0.25) is 11.5 Å². The zero-order valence-electron chi connectivity index (χ0n) is 21.2. The second-order valence-corrected chi connectivity index (χ2v) is 10.2. The first-order valence-corrected chi connectivity index (χ1v) is 12.0. The van der Waals surface area contributed by atoms with Crippen LogP contribution in [-0.2, 0) is 10.3 Å². The fourth-order valence-corrected chi connectivity index (χ4v) is 4.60. The first kappa shape index (κ1) is 27.2. The number of ether oxygens (including phenoxy) is 3. The predicted octanol–water partition coefficient (Wildman–Crippen LogP) is 4.49. The van der Waals surface area contributed by atoms with Crippen LogP contribution in [0.15, 0.2) is 48.7 Å². The Kier molecular flexibility index (Phi) is 7.22. The number of primary amides is 1. The number of aromatic nitrogens is 1. The van der Waals surface area contributed by atoms with E-state index < -0.39 is 41.7 Å². The van der Waals surface area contributed by atoms with E-state index in [2.05, 4.69) is 10.3 Å². The van der Waals surface area contributed by atoms with Gasteiger partial charge in [0.05, 0.1) is 18.4 Å². The van der Waals surface area contributed by atoms with Gasteiger partial charge in [-0.1, -0.05) is 17.7 Å². The minimum absolute atomic E-state index is 0.0150. The van der Waals surface area contributed by atoms with Gasteiger partial charge in [-0.25, -0.2) is 9.18 Å². The lowest BCUT2D eigenvalue weighted by atomic mass is 9.85. The fourth-order valence-electron chi connectivity index (χ4n) is 4.34. The Morgan fingerprint density at radius 2 is 1.95 bits per heavy atom. The van der Waals surface area contributed by atoms with Crippen molar-refractivity contribution in [1.29, 1.82) is 0 Å². The van der Waals surface area contributed by atoms with Gasteiger partial charge in [-0.3, -0.25) is 9.78 Å². The normalized spacial score (nSPS) is 18.3. The van der Waals surface area contributed by atoms with E-state index in [4.69, 9.17) is 31.5 Å². The average molecular weight is 544 g/mol. The maximum Gasteiger partial charge on any atom is 0.407 e. The molecule has 2 atom stereocenters. The lowest BCUT2D eigenvalue weighted by Crippen LogP contribution is -2.46. The molecule has 2 amide bonds. The van der Waals surface area contributed by atoms with Crippen molar-refractivity contribution in [3.63, 3.8) is 0 Å². The van der Waals surface area contributed by atoms with E-state index in [9.17, 15) is 14.7 Å². The molecule has 38 heavy (non-hydrogen) atoms. The molecule has 0 aliphatic carbocycles. The summed E-state index contributed by atoms with van der Waals surface area (Å²) < 4.78 is 32.5. The Hall–Kier alpha value is -3.89. The molecule has 0 radical (unpaired) electrons. The lowest BCUT2D eigenvalue weighted by molar-refractivity contribution is -0.0752. The number of hydrogen-bond acceptors (Lipinski definition) is 7. The molecule has 4 N–H and O–H groups in total. The average Bonchev–Trinajstić information content (AvgIpc) is 3.15. The topological polar surface area (TPSA) is 133 Å². The highest BCUT2D eigenvalue weighted by Gasteiger charge is 2.53. The van der Waals surface area contributed by atoms with Gasteiger partial charge in [-0.05, 0) is 57.2 Å². The lowest BCUT2D eigenvalue weighted by Gasteiger charge is -2.31. The van der Waals surface area contributed by atoms with Crippen LogP contribution in [0.4, 0.5) is 9.18 Å². The number of hydrogen-bond donors (Lipinski definition) is 3. The Morgan fingerprint density at radius 3 is 2.55 bits per heavy atom. The van der Waals surface area contributed by atoms with E-state index >= 15 is 4.39 Å². The van der Waals surface area contributed by atoms with Crippen molar-refractivity contribution in [1.82, 2.24) is 10.3 Å². The third-order valence-corrected chi connectivity index (χ3v) is 6.31. The first-order valence-electron chi connectivity index (χ1n) is 11.6. The van der Waals surface area contributed by atoms with Crippen LogP contribution >= 0.6 is 11.6 Å². The summed E-state index contributed by atoms with van der Waals surface area (Å²) in [5.41, 5.74) is 3.12. The molecule has 200 valence electrons. The number of rotatable bonds is 6. The quantitative estimate of drug-likeness (QED) is 0.417. The highest BCUT2D eigenvalue weighted by Crippen LogP contribution is 2.54. The summed E-state index contributed by atoms with van der Waals surface area (Å²) in [6.45, 7) is 4.90. The Labute approximate surface area is 223 Å². The highest BCUT2D eigenvalue weighted by atomic mass is 35.5. The molecule has 0 bridgehead atoms. The number of aliphatic hydroxyl groups excluding tert-OH is 1. The molecule has 0 saturated carbocycles. The summed E-state index contributed by atoms with van der Waals surface area (Å²) in [5.74, 6) is -1.85. The number of benzene rings is 2. The Morgan fingerprint density at radius 1 is 1.21 bits per heavy atom. The zero-order valence-corrected chi connectivity index (χ0v) is 21.9. The van der Waals surface area contributed by atoms with Gasteiger partial charge in [0, 0.05) is 33.4 Å². The summed E-state index contributed by atoms with van der Waals surface area (Å²) in [7, 11) is 1.27. The number of nitrogens with one attached hydrogen (secondary N) is 1. The molecular formula is C27H27ClFN3O6. The van der Waals surface area contributed by atoms with Crippen LogP contribution in [0.25, 0.3) is 11.1 Å². The zero-order chi connectivity index (χ0) is 27.8. The maximum absolute atomic E-state index is 15.7. The van der Waals surface area contributed by atoms with Crippen molar-refractivity contribution in [3.05, 3.63) is 76.3 Å². The number of alkyl carbamates (subject to hydrolysis) is 1. The van der Waals surface area contributed by atoms with Gasteiger partial charge in [0.15, 0.2) is 11.6 Å². The minimum atomic E-state index is -1.72. The summed E-state index contributed by atoms with van der Waals surface area (Å²) in [5, 5.41) is 14.5. The second-order valence-electron chi connectivity index (χ2n) is 9.76. The van der Waals surface area contributed by atoms with E-state index in [0.717, 1.165) is 0 Å². The number of fused-ring (bicyclic) bond motifs is 1. The van der Waals surface area contributed by atoms with Gasteiger partial charge in [-0.2, -0.15) is 0 Å². The number of nitrogens with two attached hydrogens (primary N) is 1. The van der Waals surface area contributed by atoms with Crippen LogP contribution in [0.2, 0.25) is 5.02 Å². The summed E-state index contributed by atoms with van der Waals surface area (Å²) >= 11 is 6.55. The minimum Gasteiger partial charge on any atom is -0.494 e. The maximum atomic E-state index is 15.7. The number of amides is 2. The van der Waals surface area contributed by atoms with Crippen molar-refractivity contribution >= 4 is 23.6 Å². The molecule has 2 unspecified atom stereocenters. The second kappa shape index (κ2) is 10.1. The van der Waals surface area contributed by atoms with E-state index in [1.54, 1.807) is 39.0 Å². The number of methoxy groups -OCH3 is 1. The molecule has 11 heteroatoms. The Bertz CT molecular complexity index is 1400. The molecule has 0 spiro atoms. The van der Waals surface area contributed by atoms with E-state index in [1.165, 1.54) is 37.6 Å². The number of halogens is 2. The van der Waals surface area contributed by atoms with Crippen LogP contribution in [0.1, 0.15) is 48.5 Å². The summed E-state index contributed by atoms with van der Waals surface area (Å²) in [6.07, 6.45) is -0.811. The van der Waals surface area contributed by atoms with E-state index in [1.807, 2.05) is 0 Å². The van der Waals surface area contributed by atoms with Crippen LogP contribution in [0.3, 0.4) is 0 Å². The van der Waals surface area contributed by atoms with Crippen LogP contribution in [0.5, 0.6) is 11.5 Å². The molecule has 1 aromatic heterocycles. The van der Waals surface area contributed by atoms with Gasteiger partial charge in [0.25, 0.3) is 0 Å². The molecule has 9 nitrogen and oxygen atoms in total. The van der Waals surface area contributed by atoms with E-state index in [0.29, 0.717) is 0 Å². The molecule has 2 aromatic carbocycles. The standard InChI is InChI=1S/C27H27ClFN3O6/c1-26(2,3)32-25(35)37-13-27(18-7-5-6-12-31-18)23(33)21-16(38-27)11-9-15(28)20(21)19-14(24(30)34)8-10-17(36-4)22(19)29/h5-12,23,33H,13H2,1-4H3,(H2,30,34)(H,32,35). The molecule has 1 aliphatic heterocycles. The summed E-state index contributed by atoms with van der Waals surface area (Å²) in [4.78, 5) is 29.1. The first-order chi connectivity index (χ1) is 17.9. The SMILES string of the molecule is COc1ccc(C(N)=O)c(-c2c(Cl)ccc3c2C(O)C(COC(=O)NC(C)(C)C)(c2ccccn2)O3)c1F. The molecule has 0 fully saturated rings. The van der Waals surface area contributed by atoms with E-state index in [-0.39, 0.29) is 44.5 Å².